The first-order valence-electron chi connectivity index (χ1n) is 8.85. The normalized spacial score (nSPS) is 25.5. The van der Waals surface area contributed by atoms with Crippen molar-refractivity contribution in [2.24, 2.45) is 5.92 Å². The van der Waals surface area contributed by atoms with Gasteiger partial charge in [-0.15, -0.1) is 0 Å². The fraction of sp³-hybridized carbons (Fsp3) is 0.450. The summed E-state index contributed by atoms with van der Waals surface area (Å²) in [6.07, 6.45) is 2.12. The van der Waals surface area contributed by atoms with Crippen LogP contribution in [0, 0.1) is 5.92 Å². The lowest BCUT2D eigenvalue weighted by Gasteiger charge is -2.24. The first-order valence-corrected chi connectivity index (χ1v) is 8.85. The summed E-state index contributed by atoms with van der Waals surface area (Å²) in [5, 5.41) is 0.791. The summed E-state index contributed by atoms with van der Waals surface area (Å²) in [6.45, 7) is 3.99. The number of carbonyl (C=O) groups excluding carboxylic acids is 2. The highest BCUT2D eigenvalue weighted by atomic mass is 16.6. The fourth-order valence-corrected chi connectivity index (χ4v) is 3.80. The Kier molecular flexibility index (Phi) is 3.94. The van der Waals surface area contributed by atoms with Crippen molar-refractivity contribution in [3.63, 3.8) is 0 Å². The van der Waals surface area contributed by atoms with Gasteiger partial charge in [-0.2, -0.15) is 0 Å². The number of ether oxygens (including phenoxy) is 2. The molecule has 5 nitrogen and oxygen atoms in total. The average Bonchev–Trinajstić information content (AvgIpc) is 2.89. The Hall–Kier alpha value is -2.43. The van der Waals surface area contributed by atoms with Crippen LogP contribution in [-0.2, 0) is 27.1 Å². The molecule has 3 atom stereocenters. The van der Waals surface area contributed by atoms with Crippen molar-refractivity contribution < 1.29 is 19.1 Å². The third kappa shape index (κ3) is 2.88. The molecule has 1 aromatic heterocycles. The van der Waals surface area contributed by atoms with Gasteiger partial charge in [-0.3, -0.25) is 4.98 Å². The number of aromatic nitrogens is 1. The van der Waals surface area contributed by atoms with Gasteiger partial charge in [0.15, 0.2) is 0 Å². The number of aryl methyl sites for hydroxylation is 1. The zero-order valence-corrected chi connectivity index (χ0v) is 14.5. The Morgan fingerprint density at radius 3 is 2.84 bits per heavy atom. The maximum absolute atomic E-state index is 13.0. The Bertz CT molecular complexity index is 860. The number of pyridine rings is 1. The Balaban J connectivity index is 1.78. The molecule has 1 aliphatic carbocycles. The second-order valence-electron chi connectivity index (χ2n) is 7.15. The van der Waals surface area contributed by atoms with Crippen molar-refractivity contribution in [1.29, 1.82) is 0 Å². The molecule has 25 heavy (non-hydrogen) atoms. The van der Waals surface area contributed by atoms with E-state index in [1.165, 1.54) is 0 Å². The molecule has 0 radical (unpaired) electrons. The van der Waals surface area contributed by atoms with Crippen molar-refractivity contribution in [1.82, 2.24) is 4.98 Å². The molecular weight excluding hydrogens is 318 g/mol. The number of hydrogen-bond donors (Lipinski definition) is 0. The molecule has 2 aliphatic rings. The van der Waals surface area contributed by atoms with E-state index in [9.17, 15) is 9.59 Å². The van der Waals surface area contributed by atoms with Gasteiger partial charge in [0.25, 0.3) is 0 Å². The van der Waals surface area contributed by atoms with E-state index >= 15 is 0 Å². The second-order valence-corrected chi connectivity index (χ2v) is 7.15. The molecular formula is C20H21NO4. The molecule has 0 saturated carbocycles. The number of cyclic esters (lactones) is 1. The van der Waals surface area contributed by atoms with Gasteiger partial charge in [0.05, 0.1) is 11.1 Å². The zero-order chi connectivity index (χ0) is 17.6. The van der Waals surface area contributed by atoms with E-state index in [1.807, 2.05) is 24.3 Å². The van der Waals surface area contributed by atoms with Crippen LogP contribution >= 0.6 is 0 Å². The maximum Gasteiger partial charge on any atom is 0.347 e. The summed E-state index contributed by atoms with van der Waals surface area (Å²) < 4.78 is 10.6. The standard InChI is InChI=1S/C20H21NO4/c1-11-7-8-16-14(9-11)18(13-5-3-4-6-15(13)21-16)20(23)25-17-10-12(2)24-19(17)22/h3-6,11-12,17H,7-10H2,1-2H3/t11-,12-,17+/m1/s1. The van der Waals surface area contributed by atoms with Gasteiger partial charge in [-0.25, -0.2) is 9.59 Å². The van der Waals surface area contributed by atoms with Crippen LogP contribution in [0.4, 0.5) is 0 Å². The fourth-order valence-electron chi connectivity index (χ4n) is 3.80. The summed E-state index contributed by atoms with van der Waals surface area (Å²) >= 11 is 0. The van der Waals surface area contributed by atoms with Gasteiger partial charge in [0.2, 0.25) is 6.10 Å². The second kappa shape index (κ2) is 6.14. The highest BCUT2D eigenvalue weighted by molar-refractivity contribution is 6.05. The van der Waals surface area contributed by atoms with Crippen LogP contribution in [0.5, 0.6) is 0 Å². The number of benzene rings is 1. The van der Waals surface area contributed by atoms with E-state index < -0.39 is 18.0 Å². The molecule has 4 rings (SSSR count). The smallest absolute Gasteiger partial charge is 0.347 e. The van der Waals surface area contributed by atoms with E-state index in [0.717, 1.165) is 41.4 Å². The summed E-state index contributed by atoms with van der Waals surface area (Å²) in [5.41, 5.74) is 3.32. The molecule has 0 spiro atoms. The SMILES string of the molecule is C[C@@H]1CCc2nc3ccccc3c(C(=O)O[C@H]3C[C@@H](C)OC3=O)c2C1. The summed E-state index contributed by atoms with van der Waals surface area (Å²) in [4.78, 5) is 29.6. The largest absolute Gasteiger partial charge is 0.460 e. The minimum Gasteiger partial charge on any atom is -0.460 e. The molecule has 0 N–H and O–H groups in total. The molecule has 2 aromatic rings. The van der Waals surface area contributed by atoms with Crippen LogP contribution in [0.1, 0.15) is 48.3 Å². The molecule has 1 aromatic carbocycles. The van der Waals surface area contributed by atoms with E-state index in [4.69, 9.17) is 14.5 Å². The van der Waals surface area contributed by atoms with Gasteiger partial charge in [0, 0.05) is 17.5 Å². The molecule has 0 unspecified atom stereocenters. The molecule has 2 heterocycles. The predicted octanol–water partition coefficient (Wildman–Crippen LogP) is 3.22. The maximum atomic E-state index is 13.0. The molecule has 1 aliphatic heterocycles. The summed E-state index contributed by atoms with van der Waals surface area (Å²) in [7, 11) is 0. The highest BCUT2D eigenvalue weighted by Gasteiger charge is 2.36. The number of fused-ring (bicyclic) bond motifs is 2. The number of hydrogen-bond acceptors (Lipinski definition) is 5. The van der Waals surface area contributed by atoms with Crippen LogP contribution in [-0.4, -0.2) is 29.1 Å². The molecule has 130 valence electrons. The van der Waals surface area contributed by atoms with Gasteiger partial charge < -0.3 is 9.47 Å². The van der Waals surface area contributed by atoms with Gasteiger partial charge in [0.1, 0.15) is 6.10 Å². The molecule has 5 heteroatoms. The first kappa shape index (κ1) is 16.1. The minimum atomic E-state index is -0.814. The van der Waals surface area contributed by atoms with E-state index in [2.05, 4.69) is 6.92 Å². The lowest BCUT2D eigenvalue weighted by atomic mass is 9.84. The van der Waals surface area contributed by atoms with Crippen LogP contribution in [0.15, 0.2) is 24.3 Å². The van der Waals surface area contributed by atoms with Crippen LogP contribution in [0.2, 0.25) is 0 Å². The lowest BCUT2D eigenvalue weighted by molar-refractivity contribution is -0.147. The first-order chi connectivity index (χ1) is 12.0. The van der Waals surface area contributed by atoms with Crippen LogP contribution < -0.4 is 0 Å². The number of nitrogens with zero attached hydrogens (tertiary/aromatic N) is 1. The average molecular weight is 339 g/mol. The van der Waals surface area contributed by atoms with Crippen molar-refractivity contribution in [3.8, 4) is 0 Å². The van der Waals surface area contributed by atoms with Crippen LogP contribution in [0.25, 0.3) is 10.9 Å². The minimum absolute atomic E-state index is 0.214. The van der Waals surface area contributed by atoms with Gasteiger partial charge >= 0.3 is 11.9 Å². The van der Waals surface area contributed by atoms with Crippen molar-refractivity contribution >= 4 is 22.8 Å². The van der Waals surface area contributed by atoms with Crippen LogP contribution in [0.3, 0.4) is 0 Å². The Labute approximate surface area is 146 Å². The molecule has 0 amide bonds. The number of carbonyl (C=O) groups is 2. The molecule has 0 bridgehead atoms. The number of esters is 2. The van der Waals surface area contributed by atoms with E-state index in [0.29, 0.717) is 17.9 Å². The third-order valence-corrected chi connectivity index (χ3v) is 5.09. The van der Waals surface area contributed by atoms with Crippen molar-refractivity contribution in [3.05, 3.63) is 41.1 Å². The number of rotatable bonds is 2. The predicted molar refractivity (Wildman–Crippen MR) is 92.3 cm³/mol. The topological polar surface area (TPSA) is 65.5 Å². The quantitative estimate of drug-likeness (QED) is 0.786. The van der Waals surface area contributed by atoms with E-state index in [-0.39, 0.29) is 6.10 Å². The summed E-state index contributed by atoms with van der Waals surface area (Å²) in [5.74, 6) is -0.403. The third-order valence-electron chi connectivity index (χ3n) is 5.09. The summed E-state index contributed by atoms with van der Waals surface area (Å²) in [6, 6.07) is 7.62. The Morgan fingerprint density at radius 1 is 1.28 bits per heavy atom. The van der Waals surface area contributed by atoms with E-state index in [1.54, 1.807) is 6.92 Å². The molecule has 1 saturated heterocycles. The van der Waals surface area contributed by atoms with Gasteiger partial charge in [-0.05, 0) is 43.7 Å². The lowest BCUT2D eigenvalue weighted by Crippen LogP contribution is -2.25. The molecule has 1 fully saturated rings. The van der Waals surface area contributed by atoms with Gasteiger partial charge in [-0.1, -0.05) is 25.1 Å². The highest BCUT2D eigenvalue weighted by Crippen LogP contribution is 2.32. The monoisotopic (exact) mass is 339 g/mol. The number of para-hydroxylation sites is 1. The Morgan fingerprint density at radius 2 is 2.08 bits per heavy atom. The van der Waals surface area contributed by atoms with Crippen molar-refractivity contribution in [2.45, 2.75) is 51.7 Å². The van der Waals surface area contributed by atoms with Crippen molar-refractivity contribution in [2.75, 3.05) is 0 Å². The zero-order valence-electron chi connectivity index (χ0n) is 14.5.